The number of Topliss-reactive ketones (excluding diaryl/α,β-unsaturated/α-hetero) is 1. The lowest BCUT2D eigenvalue weighted by Crippen LogP contribution is -2.21. The molecule has 2 aromatic carbocycles. The van der Waals surface area contributed by atoms with Crippen molar-refractivity contribution in [3.63, 3.8) is 0 Å². The molecule has 5 rings (SSSR count). The summed E-state index contributed by atoms with van der Waals surface area (Å²) >= 11 is 0. The van der Waals surface area contributed by atoms with Crippen LogP contribution < -0.4 is 0 Å². The van der Waals surface area contributed by atoms with Gasteiger partial charge in [-0.25, -0.2) is 8.42 Å². The van der Waals surface area contributed by atoms with Gasteiger partial charge in [0.15, 0.2) is 15.6 Å². The molecule has 0 unspecified atom stereocenters. The quantitative estimate of drug-likeness (QED) is 0.527. The van der Waals surface area contributed by atoms with Crippen molar-refractivity contribution >= 4 is 15.6 Å². The number of rotatable bonds is 7. The molecule has 0 spiro atoms. The molecule has 0 fully saturated rings. The average Bonchev–Trinajstić information content (AvgIpc) is 3.48. The van der Waals surface area contributed by atoms with Crippen molar-refractivity contribution in [2.45, 2.75) is 69.3 Å². The van der Waals surface area contributed by atoms with Gasteiger partial charge in [-0.05, 0) is 127 Å². The second kappa shape index (κ2) is 8.99. The maximum Gasteiger partial charge on any atom is 0.185 e. The standard InChI is InChI=1S/C29H31NO4S/c1-29(2,32)23-14-22(19-9-11-30-12-10-19)15-25(16-23)35(33,34)18-24(31)17-28-26-7-3-5-20(26)13-21-6-4-8-27(21)28/h9-16,32H,3-8,17-18H2,1-2H3. The molecule has 6 heteroatoms. The molecule has 3 aromatic rings. The Hall–Kier alpha value is -2.83. The molecule has 5 nitrogen and oxygen atoms in total. The van der Waals surface area contributed by atoms with Crippen LogP contribution in [0.4, 0.5) is 0 Å². The summed E-state index contributed by atoms with van der Waals surface area (Å²) in [6.07, 6.45) is 9.68. The minimum Gasteiger partial charge on any atom is -0.386 e. The van der Waals surface area contributed by atoms with E-state index in [4.69, 9.17) is 0 Å². The van der Waals surface area contributed by atoms with Gasteiger partial charge in [0.05, 0.1) is 10.5 Å². The molecule has 1 N–H and O–H groups in total. The van der Waals surface area contributed by atoms with Gasteiger partial charge in [0.2, 0.25) is 0 Å². The van der Waals surface area contributed by atoms with Crippen molar-refractivity contribution in [3.8, 4) is 11.1 Å². The number of fused-ring (bicyclic) bond motifs is 2. The summed E-state index contributed by atoms with van der Waals surface area (Å²) in [4.78, 5) is 17.3. The van der Waals surface area contributed by atoms with Crippen molar-refractivity contribution < 1.29 is 18.3 Å². The zero-order valence-corrected chi connectivity index (χ0v) is 21.1. The van der Waals surface area contributed by atoms with E-state index in [1.807, 2.05) is 0 Å². The molecule has 0 radical (unpaired) electrons. The zero-order valence-electron chi connectivity index (χ0n) is 20.3. The van der Waals surface area contributed by atoms with E-state index in [2.05, 4.69) is 11.1 Å². The van der Waals surface area contributed by atoms with Crippen molar-refractivity contribution in [2.75, 3.05) is 5.75 Å². The van der Waals surface area contributed by atoms with Crippen LogP contribution >= 0.6 is 0 Å². The summed E-state index contributed by atoms with van der Waals surface area (Å²) in [6, 6.07) is 10.8. The topological polar surface area (TPSA) is 84.3 Å². The van der Waals surface area contributed by atoms with E-state index in [0.717, 1.165) is 49.7 Å². The Bertz CT molecular complexity index is 1370. The molecule has 0 bridgehead atoms. The van der Waals surface area contributed by atoms with Crippen LogP contribution in [0.1, 0.15) is 60.1 Å². The van der Waals surface area contributed by atoms with Gasteiger partial charge in [-0.2, -0.15) is 0 Å². The van der Waals surface area contributed by atoms with E-state index in [1.165, 1.54) is 28.3 Å². The van der Waals surface area contributed by atoms with Crippen LogP contribution in [0.25, 0.3) is 11.1 Å². The second-order valence-electron chi connectivity index (χ2n) is 10.4. The van der Waals surface area contributed by atoms with Gasteiger partial charge < -0.3 is 5.11 Å². The Labute approximate surface area is 207 Å². The Balaban J connectivity index is 1.47. The fourth-order valence-electron chi connectivity index (χ4n) is 5.53. The van der Waals surface area contributed by atoms with E-state index >= 15 is 0 Å². The Morgan fingerprint density at radius 3 is 2.14 bits per heavy atom. The van der Waals surface area contributed by atoms with Crippen LogP contribution in [0.3, 0.4) is 0 Å². The Morgan fingerprint density at radius 1 is 0.914 bits per heavy atom. The fourth-order valence-corrected chi connectivity index (χ4v) is 6.84. The molecular weight excluding hydrogens is 458 g/mol. The van der Waals surface area contributed by atoms with Gasteiger partial charge in [0, 0.05) is 18.8 Å². The molecule has 35 heavy (non-hydrogen) atoms. The summed E-state index contributed by atoms with van der Waals surface area (Å²) < 4.78 is 26.9. The molecule has 182 valence electrons. The highest BCUT2D eigenvalue weighted by molar-refractivity contribution is 7.92. The number of pyridine rings is 1. The van der Waals surface area contributed by atoms with Crippen LogP contribution in [0.2, 0.25) is 0 Å². The first-order valence-electron chi connectivity index (χ1n) is 12.3. The third-order valence-corrected chi connectivity index (χ3v) is 8.96. The maximum absolute atomic E-state index is 13.4. The first-order valence-corrected chi connectivity index (χ1v) is 14.0. The Kier molecular flexibility index (Phi) is 6.14. The predicted molar refractivity (Wildman–Crippen MR) is 136 cm³/mol. The number of aryl methyl sites for hydroxylation is 2. The molecule has 0 atom stereocenters. The van der Waals surface area contributed by atoms with E-state index in [1.54, 1.807) is 50.5 Å². The van der Waals surface area contributed by atoms with Crippen molar-refractivity contribution in [1.29, 1.82) is 0 Å². The first-order chi connectivity index (χ1) is 16.6. The van der Waals surface area contributed by atoms with E-state index in [9.17, 15) is 18.3 Å². The van der Waals surface area contributed by atoms with Gasteiger partial charge >= 0.3 is 0 Å². The maximum atomic E-state index is 13.4. The molecule has 2 aliphatic carbocycles. The number of sulfone groups is 1. The predicted octanol–water partition coefficient (Wildman–Crippen LogP) is 4.54. The number of benzene rings is 2. The minimum atomic E-state index is -3.90. The van der Waals surface area contributed by atoms with Gasteiger partial charge in [0.25, 0.3) is 0 Å². The summed E-state index contributed by atoms with van der Waals surface area (Å²) in [5.74, 6) is -0.824. The lowest BCUT2D eigenvalue weighted by Gasteiger charge is -2.20. The number of aliphatic hydroxyl groups is 1. The highest BCUT2D eigenvalue weighted by Crippen LogP contribution is 2.36. The monoisotopic (exact) mass is 489 g/mol. The summed E-state index contributed by atoms with van der Waals surface area (Å²) in [5, 5.41) is 10.6. The third kappa shape index (κ3) is 4.82. The van der Waals surface area contributed by atoms with E-state index in [0.29, 0.717) is 11.1 Å². The number of carbonyl (C=O) groups is 1. The van der Waals surface area contributed by atoms with E-state index < -0.39 is 21.2 Å². The van der Waals surface area contributed by atoms with Crippen LogP contribution in [0, 0.1) is 0 Å². The number of hydrogen-bond acceptors (Lipinski definition) is 5. The summed E-state index contributed by atoms with van der Waals surface area (Å²) in [6.45, 7) is 3.24. The van der Waals surface area contributed by atoms with Gasteiger partial charge in [0.1, 0.15) is 5.75 Å². The third-order valence-electron chi connectivity index (χ3n) is 7.31. The zero-order chi connectivity index (χ0) is 24.8. The number of ketones is 1. The highest BCUT2D eigenvalue weighted by atomic mass is 32.2. The number of hydrogen-bond donors (Lipinski definition) is 1. The molecule has 0 aliphatic heterocycles. The first kappa shape index (κ1) is 23.9. The highest BCUT2D eigenvalue weighted by Gasteiger charge is 2.28. The smallest absolute Gasteiger partial charge is 0.185 e. The van der Waals surface area contributed by atoms with Gasteiger partial charge in [-0.1, -0.05) is 6.07 Å². The second-order valence-corrected chi connectivity index (χ2v) is 12.3. The van der Waals surface area contributed by atoms with Crippen LogP contribution in [0.15, 0.2) is 53.7 Å². The molecule has 0 amide bonds. The van der Waals surface area contributed by atoms with Gasteiger partial charge in [-0.15, -0.1) is 0 Å². The van der Waals surface area contributed by atoms with Crippen molar-refractivity contribution in [3.05, 3.63) is 82.2 Å². The number of nitrogens with zero attached hydrogens (tertiary/aromatic N) is 1. The number of aromatic nitrogens is 1. The van der Waals surface area contributed by atoms with Crippen LogP contribution in [-0.4, -0.2) is 30.0 Å². The fraction of sp³-hybridized carbons (Fsp3) is 0.379. The summed E-state index contributed by atoms with van der Waals surface area (Å²) in [5.41, 5.74) is 7.05. The minimum absolute atomic E-state index is 0.0563. The SMILES string of the molecule is CC(C)(O)c1cc(-c2ccncc2)cc(S(=O)(=O)CC(=O)Cc2c3c(cc4c2CCC4)CCC3)c1. The van der Waals surface area contributed by atoms with Crippen molar-refractivity contribution in [1.82, 2.24) is 4.98 Å². The van der Waals surface area contributed by atoms with Crippen molar-refractivity contribution in [2.24, 2.45) is 0 Å². The molecular formula is C29H31NO4S. The normalized spacial score (nSPS) is 15.2. The lowest BCUT2D eigenvalue weighted by atomic mass is 9.91. The van der Waals surface area contributed by atoms with Crippen LogP contribution in [0.5, 0.6) is 0 Å². The molecule has 1 aromatic heterocycles. The molecule has 0 saturated carbocycles. The average molecular weight is 490 g/mol. The largest absolute Gasteiger partial charge is 0.386 e. The molecule has 1 heterocycles. The summed E-state index contributed by atoms with van der Waals surface area (Å²) in [7, 11) is -3.90. The van der Waals surface area contributed by atoms with Crippen LogP contribution in [-0.2, 0) is 52.3 Å². The van der Waals surface area contributed by atoms with E-state index in [-0.39, 0.29) is 17.1 Å². The Morgan fingerprint density at radius 2 is 1.54 bits per heavy atom. The molecule has 0 saturated heterocycles. The molecule has 2 aliphatic rings. The lowest BCUT2D eigenvalue weighted by molar-refractivity contribution is -0.116. The number of carbonyl (C=O) groups excluding carboxylic acids is 1. The van der Waals surface area contributed by atoms with Gasteiger partial charge in [-0.3, -0.25) is 9.78 Å².